The summed E-state index contributed by atoms with van der Waals surface area (Å²) in [6, 6.07) is 24.3. The van der Waals surface area contributed by atoms with Gasteiger partial charge in [-0.05, 0) is 34.7 Å². The first-order chi connectivity index (χ1) is 17.4. The van der Waals surface area contributed by atoms with E-state index >= 15 is 0 Å². The number of amides is 1. The van der Waals surface area contributed by atoms with Gasteiger partial charge >= 0.3 is 5.97 Å². The fourth-order valence-corrected chi connectivity index (χ4v) is 4.09. The standard InChI is InChI=1S/C29H32N2O5/c1-20(2)23-14-12-21(13-15-23)17-31-25-10-6-7-11-26(25)36-19-24(28(31)32)30-16-27(29(33)34)35-18-22-8-4-3-5-9-22/h3-15,20,24,27,30H,16-19H2,1-2H3,(H,33,34)/t24-,27-/m0/s1. The number of hydrogen-bond donors (Lipinski definition) is 2. The Balaban J connectivity index is 1.48. The molecule has 0 saturated heterocycles. The first-order valence-electron chi connectivity index (χ1n) is 12.2. The molecule has 0 saturated carbocycles. The molecule has 2 atom stereocenters. The lowest BCUT2D eigenvalue weighted by Gasteiger charge is -2.26. The van der Waals surface area contributed by atoms with Crippen LogP contribution in [0.1, 0.15) is 36.5 Å². The maximum absolute atomic E-state index is 13.6. The Hall–Kier alpha value is -3.68. The van der Waals surface area contributed by atoms with Gasteiger partial charge in [-0.2, -0.15) is 0 Å². The van der Waals surface area contributed by atoms with Gasteiger partial charge < -0.3 is 19.5 Å². The molecule has 1 heterocycles. The molecular formula is C29H32N2O5. The van der Waals surface area contributed by atoms with Crippen LogP contribution in [-0.2, 0) is 27.5 Å². The highest BCUT2D eigenvalue weighted by Gasteiger charge is 2.32. The molecule has 3 aromatic carbocycles. The largest absolute Gasteiger partial charge is 0.489 e. The van der Waals surface area contributed by atoms with Crippen molar-refractivity contribution in [2.75, 3.05) is 18.1 Å². The Bertz CT molecular complexity index is 1160. The van der Waals surface area contributed by atoms with Crippen LogP contribution in [0.15, 0.2) is 78.9 Å². The number of benzene rings is 3. The fourth-order valence-electron chi connectivity index (χ4n) is 4.09. The average Bonchev–Trinajstić information content (AvgIpc) is 3.01. The van der Waals surface area contributed by atoms with E-state index in [1.54, 1.807) is 4.90 Å². The third kappa shape index (κ3) is 6.30. The Morgan fingerprint density at radius 2 is 1.72 bits per heavy atom. The zero-order valence-electron chi connectivity index (χ0n) is 20.6. The highest BCUT2D eigenvalue weighted by atomic mass is 16.5. The molecule has 0 radical (unpaired) electrons. The molecule has 7 heteroatoms. The van der Waals surface area contributed by atoms with Crippen LogP contribution in [0.4, 0.5) is 5.69 Å². The lowest BCUT2D eigenvalue weighted by molar-refractivity contribution is -0.151. The van der Waals surface area contributed by atoms with E-state index < -0.39 is 18.1 Å². The van der Waals surface area contributed by atoms with Crippen molar-refractivity contribution in [3.05, 3.63) is 95.6 Å². The number of carbonyl (C=O) groups is 2. The van der Waals surface area contributed by atoms with Gasteiger partial charge in [0.05, 0.1) is 18.8 Å². The number of rotatable bonds is 10. The van der Waals surface area contributed by atoms with Crippen molar-refractivity contribution in [3.63, 3.8) is 0 Å². The second kappa shape index (κ2) is 11.8. The molecule has 0 aliphatic carbocycles. The molecule has 1 aliphatic rings. The van der Waals surface area contributed by atoms with Gasteiger partial charge in [0.15, 0.2) is 6.10 Å². The highest BCUT2D eigenvalue weighted by Crippen LogP contribution is 2.32. The summed E-state index contributed by atoms with van der Waals surface area (Å²) in [6.07, 6.45) is -1.11. The van der Waals surface area contributed by atoms with Crippen LogP contribution in [0, 0.1) is 0 Å². The summed E-state index contributed by atoms with van der Waals surface area (Å²) >= 11 is 0. The van der Waals surface area contributed by atoms with Crippen molar-refractivity contribution < 1.29 is 24.2 Å². The Kier molecular flexibility index (Phi) is 8.36. The molecule has 3 aromatic rings. The number of carbonyl (C=O) groups excluding carboxylic acids is 1. The summed E-state index contributed by atoms with van der Waals surface area (Å²) in [5.41, 5.74) is 3.80. The number of ether oxygens (including phenoxy) is 2. The summed E-state index contributed by atoms with van der Waals surface area (Å²) in [5.74, 6) is -0.234. The first kappa shape index (κ1) is 25.4. The number of nitrogens with zero attached hydrogens (tertiary/aromatic N) is 1. The van der Waals surface area contributed by atoms with Gasteiger partial charge in [0, 0.05) is 6.54 Å². The van der Waals surface area contributed by atoms with Crippen LogP contribution in [0.2, 0.25) is 0 Å². The van der Waals surface area contributed by atoms with Gasteiger partial charge in [-0.15, -0.1) is 0 Å². The fraction of sp³-hybridized carbons (Fsp3) is 0.310. The van der Waals surface area contributed by atoms with Crippen molar-refractivity contribution in [1.29, 1.82) is 0 Å². The van der Waals surface area contributed by atoms with Crippen LogP contribution in [0.25, 0.3) is 0 Å². The van der Waals surface area contributed by atoms with Gasteiger partial charge in [0.1, 0.15) is 18.4 Å². The number of hydrogen-bond acceptors (Lipinski definition) is 5. The summed E-state index contributed by atoms with van der Waals surface area (Å²) in [7, 11) is 0. The van der Waals surface area contributed by atoms with Gasteiger partial charge in [-0.3, -0.25) is 10.1 Å². The SMILES string of the molecule is CC(C)c1ccc(CN2C(=O)[C@@H](NC[C@H](OCc3ccccc3)C(=O)O)COc3ccccc32)cc1. The van der Waals surface area contributed by atoms with Gasteiger partial charge in [-0.1, -0.05) is 80.6 Å². The minimum atomic E-state index is -1.11. The van der Waals surface area contributed by atoms with E-state index in [0.29, 0.717) is 23.9 Å². The summed E-state index contributed by atoms with van der Waals surface area (Å²) < 4.78 is 11.6. The molecule has 0 fully saturated rings. The Morgan fingerprint density at radius 3 is 2.42 bits per heavy atom. The minimum Gasteiger partial charge on any atom is -0.489 e. The van der Waals surface area contributed by atoms with E-state index in [4.69, 9.17) is 9.47 Å². The van der Waals surface area contributed by atoms with Crippen molar-refractivity contribution in [3.8, 4) is 5.75 Å². The second-order valence-corrected chi connectivity index (χ2v) is 9.18. The van der Waals surface area contributed by atoms with Crippen molar-refractivity contribution in [2.24, 2.45) is 0 Å². The number of aliphatic carboxylic acids is 1. The zero-order chi connectivity index (χ0) is 25.5. The van der Waals surface area contributed by atoms with Crippen molar-refractivity contribution in [1.82, 2.24) is 5.32 Å². The lowest BCUT2D eigenvalue weighted by Crippen LogP contribution is -2.51. The minimum absolute atomic E-state index is 0.0325. The van der Waals surface area contributed by atoms with E-state index in [9.17, 15) is 14.7 Å². The monoisotopic (exact) mass is 488 g/mol. The van der Waals surface area contributed by atoms with E-state index in [0.717, 1.165) is 11.1 Å². The molecule has 1 aliphatic heterocycles. The van der Waals surface area contributed by atoms with E-state index in [-0.39, 0.29) is 25.7 Å². The molecule has 0 unspecified atom stereocenters. The molecule has 2 N–H and O–H groups in total. The topological polar surface area (TPSA) is 88.1 Å². The van der Waals surface area contributed by atoms with Crippen molar-refractivity contribution >= 4 is 17.6 Å². The molecule has 7 nitrogen and oxygen atoms in total. The third-order valence-electron chi connectivity index (χ3n) is 6.23. The van der Waals surface area contributed by atoms with E-state index in [1.807, 2.05) is 66.7 Å². The van der Waals surface area contributed by atoms with Gasteiger partial charge in [0.2, 0.25) is 5.91 Å². The molecule has 0 aromatic heterocycles. The van der Waals surface area contributed by atoms with E-state index in [1.165, 1.54) is 5.56 Å². The van der Waals surface area contributed by atoms with Crippen LogP contribution < -0.4 is 15.0 Å². The normalized spacial score (nSPS) is 16.2. The van der Waals surface area contributed by atoms with Crippen molar-refractivity contribution in [2.45, 2.75) is 45.1 Å². The maximum atomic E-state index is 13.6. The van der Waals surface area contributed by atoms with Gasteiger partial charge in [0.25, 0.3) is 0 Å². The van der Waals surface area contributed by atoms with Gasteiger partial charge in [-0.25, -0.2) is 4.79 Å². The predicted molar refractivity (Wildman–Crippen MR) is 138 cm³/mol. The number of carboxylic acid groups (broad SMARTS) is 1. The molecule has 4 rings (SSSR count). The molecule has 188 valence electrons. The van der Waals surface area contributed by atoms with Crippen LogP contribution >= 0.6 is 0 Å². The third-order valence-corrected chi connectivity index (χ3v) is 6.23. The maximum Gasteiger partial charge on any atom is 0.334 e. The number of anilines is 1. The first-order valence-corrected chi connectivity index (χ1v) is 12.2. The smallest absolute Gasteiger partial charge is 0.334 e. The quantitative estimate of drug-likeness (QED) is 0.441. The lowest BCUT2D eigenvalue weighted by atomic mass is 10.0. The summed E-state index contributed by atoms with van der Waals surface area (Å²) in [5, 5.41) is 12.7. The molecule has 1 amide bonds. The van der Waals surface area contributed by atoms with Crippen LogP contribution in [-0.4, -0.2) is 42.3 Å². The molecular weight excluding hydrogens is 456 g/mol. The highest BCUT2D eigenvalue weighted by molar-refractivity contribution is 5.99. The zero-order valence-corrected chi connectivity index (χ0v) is 20.6. The number of fused-ring (bicyclic) bond motifs is 1. The number of para-hydroxylation sites is 2. The average molecular weight is 489 g/mol. The molecule has 0 spiro atoms. The summed E-state index contributed by atoms with van der Waals surface area (Å²) in [4.78, 5) is 27.2. The molecule has 0 bridgehead atoms. The predicted octanol–water partition coefficient (Wildman–Crippen LogP) is 4.36. The molecule has 36 heavy (non-hydrogen) atoms. The summed E-state index contributed by atoms with van der Waals surface area (Å²) in [6.45, 7) is 4.89. The number of carboxylic acids is 1. The second-order valence-electron chi connectivity index (χ2n) is 9.18. The van der Waals surface area contributed by atoms with Crippen LogP contribution in [0.5, 0.6) is 5.75 Å². The van der Waals surface area contributed by atoms with Crippen LogP contribution in [0.3, 0.4) is 0 Å². The number of nitrogens with one attached hydrogen (secondary N) is 1. The Morgan fingerprint density at radius 1 is 1.03 bits per heavy atom. The van der Waals surface area contributed by atoms with E-state index in [2.05, 4.69) is 31.3 Å². The Labute approximate surface area is 211 Å².